The van der Waals surface area contributed by atoms with Crippen molar-refractivity contribution in [1.82, 2.24) is 26.2 Å². The van der Waals surface area contributed by atoms with Crippen LogP contribution >= 0.6 is 0 Å². The van der Waals surface area contributed by atoms with Gasteiger partial charge in [0.25, 0.3) is 0 Å². The molecule has 0 spiro atoms. The Labute approximate surface area is 280 Å². The van der Waals surface area contributed by atoms with Crippen LogP contribution in [0.25, 0.3) is 0 Å². The molecule has 1 aliphatic heterocycles. The fraction of sp³-hybridized carbons (Fsp3) is 0.765. The molecular weight excluding hydrogens is 622 g/mol. The molecule has 13 heteroatoms. The average Bonchev–Trinajstić information content (AvgIpc) is 3.27. The van der Waals surface area contributed by atoms with E-state index in [2.05, 4.69) is 33.1 Å². The predicted molar refractivity (Wildman–Crippen MR) is 179 cm³/mol. The number of likely N-dealkylation sites (tertiary alicyclic amines) is 1. The summed E-state index contributed by atoms with van der Waals surface area (Å²) in [6.07, 6.45) is 14.4. The number of rotatable bonds is 14. The number of hydrogen-bond acceptors (Lipinski definition) is 8. The lowest BCUT2D eigenvalue weighted by Crippen LogP contribution is -2.64. The van der Waals surface area contributed by atoms with E-state index in [0.717, 1.165) is 25.5 Å². The number of aliphatic hydroxyl groups excluding tert-OH is 1. The highest BCUT2D eigenvalue weighted by Gasteiger charge is 2.70. The van der Waals surface area contributed by atoms with Crippen molar-refractivity contribution in [3.8, 4) is 24.7 Å². The highest BCUT2D eigenvalue weighted by Crippen LogP contribution is 2.65. The van der Waals surface area contributed by atoms with E-state index in [9.17, 15) is 32.7 Å². The molecular formula is C34H53N5O7S. The van der Waals surface area contributed by atoms with E-state index in [1.165, 1.54) is 4.90 Å². The normalized spacial score (nSPS) is 24.8. The van der Waals surface area contributed by atoms with E-state index >= 15 is 0 Å². The zero-order valence-corrected chi connectivity index (χ0v) is 29.5. The molecule has 6 atom stereocenters. The van der Waals surface area contributed by atoms with Crippen molar-refractivity contribution in [2.24, 2.45) is 22.7 Å². The van der Waals surface area contributed by atoms with E-state index in [1.54, 1.807) is 0 Å². The molecule has 12 nitrogen and oxygen atoms in total. The number of nitrogens with one attached hydrogen (secondary N) is 4. The van der Waals surface area contributed by atoms with Crippen LogP contribution in [0, 0.1) is 47.4 Å². The highest BCUT2D eigenvalue weighted by molar-refractivity contribution is 7.90. The van der Waals surface area contributed by atoms with Gasteiger partial charge in [0.1, 0.15) is 21.9 Å². The van der Waals surface area contributed by atoms with Gasteiger partial charge in [-0.2, -0.15) is 0 Å². The molecule has 5 N–H and O–H groups in total. The minimum atomic E-state index is -3.40. The fourth-order valence-corrected chi connectivity index (χ4v) is 8.78. The first kappa shape index (κ1) is 38.3. The standard InChI is InChI=1S/C34H53N5O7S/c1-9-11-16-23(26(40)29(42)35-19-12-10-2)36-28(41)25-24-22(33(24,6)7)20-39(25)30(43)27(32(3,4)5)37-31(44)38-34(21-47(8,45)46)17-14-13-15-18-34/h1-2,22-25,27,29,35,42H,11-21H2,3-8H3,(H,36,41)(H2,37,38,44)/t22?,23?,24?,25?,27-,29?/m1/s1. The number of Topliss-reactive ketones (excluding diaryl/α,β-unsaturated/α-hetero) is 1. The molecule has 3 aliphatic rings. The summed E-state index contributed by atoms with van der Waals surface area (Å²) in [7, 11) is -3.40. The minimum absolute atomic E-state index is 0.0350. The second kappa shape index (κ2) is 15.0. The molecule has 47 heavy (non-hydrogen) atoms. The number of aliphatic hydroxyl groups is 1. The van der Waals surface area contributed by atoms with E-state index in [1.807, 2.05) is 34.6 Å². The van der Waals surface area contributed by atoms with Crippen LogP contribution in [0.15, 0.2) is 0 Å². The lowest BCUT2D eigenvalue weighted by Gasteiger charge is -2.40. The van der Waals surface area contributed by atoms with Crippen molar-refractivity contribution in [3.05, 3.63) is 0 Å². The minimum Gasteiger partial charge on any atom is -0.371 e. The van der Waals surface area contributed by atoms with Gasteiger partial charge in [-0.1, -0.05) is 53.9 Å². The van der Waals surface area contributed by atoms with Gasteiger partial charge in [0, 0.05) is 32.2 Å². The molecule has 262 valence electrons. The number of carbonyl (C=O) groups is 4. The monoisotopic (exact) mass is 675 g/mol. The molecule has 5 unspecified atom stereocenters. The molecule has 0 aromatic heterocycles. The average molecular weight is 676 g/mol. The number of piperidine rings is 1. The SMILES string of the molecule is C#CCCNC(O)C(=O)C(CCC#C)NC(=O)C1C2C(CN1C(=O)[C@@H](NC(=O)NC1(CS(C)(=O)=O)CCCCC1)C(C)(C)C)C2(C)C. The van der Waals surface area contributed by atoms with Crippen molar-refractivity contribution >= 4 is 33.5 Å². The van der Waals surface area contributed by atoms with Crippen LogP contribution in [-0.4, -0.2) is 97.0 Å². The van der Waals surface area contributed by atoms with Gasteiger partial charge in [-0.15, -0.1) is 24.7 Å². The maximum absolute atomic E-state index is 14.3. The summed E-state index contributed by atoms with van der Waals surface area (Å²) in [6, 6.07) is -3.70. The number of urea groups is 1. The second-order valence-electron chi connectivity index (χ2n) is 15.2. The van der Waals surface area contributed by atoms with Crippen LogP contribution in [0.5, 0.6) is 0 Å². The van der Waals surface area contributed by atoms with Gasteiger partial charge in [-0.05, 0) is 41.9 Å². The summed E-state index contributed by atoms with van der Waals surface area (Å²) < 4.78 is 24.6. The van der Waals surface area contributed by atoms with Crippen LogP contribution in [0.4, 0.5) is 4.79 Å². The summed E-state index contributed by atoms with van der Waals surface area (Å²) >= 11 is 0. The zero-order chi connectivity index (χ0) is 35.4. The van der Waals surface area contributed by atoms with Gasteiger partial charge in [-0.3, -0.25) is 19.7 Å². The van der Waals surface area contributed by atoms with Crippen LogP contribution in [-0.2, 0) is 24.2 Å². The third-order valence-corrected chi connectivity index (χ3v) is 11.1. The molecule has 0 radical (unpaired) electrons. The van der Waals surface area contributed by atoms with Gasteiger partial charge in [0.05, 0.1) is 17.3 Å². The number of nitrogens with zero attached hydrogens (tertiary/aromatic N) is 1. The summed E-state index contributed by atoms with van der Waals surface area (Å²) in [5.41, 5.74) is -1.93. The first-order valence-corrected chi connectivity index (χ1v) is 18.5. The summed E-state index contributed by atoms with van der Waals surface area (Å²) in [5, 5.41) is 21.6. The number of ketones is 1. The number of carbonyl (C=O) groups excluding carboxylic acids is 4. The fourth-order valence-electron chi connectivity index (χ4n) is 7.41. The van der Waals surface area contributed by atoms with Crippen LogP contribution in [0.3, 0.4) is 0 Å². The Morgan fingerprint density at radius 3 is 2.19 bits per heavy atom. The third-order valence-electron chi connectivity index (χ3n) is 9.99. The Morgan fingerprint density at radius 2 is 1.64 bits per heavy atom. The maximum Gasteiger partial charge on any atom is 0.315 e. The molecule has 2 saturated carbocycles. The molecule has 4 amide bonds. The quantitative estimate of drug-likeness (QED) is 0.104. The van der Waals surface area contributed by atoms with Crippen molar-refractivity contribution in [3.63, 3.8) is 0 Å². The van der Waals surface area contributed by atoms with E-state index in [4.69, 9.17) is 12.8 Å². The summed E-state index contributed by atoms with van der Waals surface area (Å²) in [6.45, 7) is 9.98. The first-order chi connectivity index (χ1) is 21.8. The number of sulfone groups is 1. The molecule has 0 aromatic rings. The molecule has 1 heterocycles. The molecule has 1 saturated heterocycles. The van der Waals surface area contributed by atoms with Crippen LogP contribution in [0.2, 0.25) is 0 Å². The number of fused-ring (bicyclic) bond motifs is 1. The van der Waals surface area contributed by atoms with Gasteiger partial charge in [0.15, 0.2) is 12.0 Å². The third kappa shape index (κ3) is 9.49. The van der Waals surface area contributed by atoms with Crippen molar-refractivity contribution in [1.29, 1.82) is 0 Å². The van der Waals surface area contributed by atoms with Crippen molar-refractivity contribution in [2.45, 2.75) is 116 Å². The van der Waals surface area contributed by atoms with Crippen LogP contribution in [0.1, 0.15) is 86.0 Å². The Balaban J connectivity index is 1.83. The molecule has 0 bridgehead atoms. The van der Waals surface area contributed by atoms with Gasteiger partial charge >= 0.3 is 6.03 Å². The second-order valence-corrected chi connectivity index (χ2v) is 17.4. The van der Waals surface area contributed by atoms with E-state index < -0.39 is 68.8 Å². The largest absolute Gasteiger partial charge is 0.371 e. The smallest absolute Gasteiger partial charge is 0.315 e. The summed E-state index contributed by atoms with van der Waals surface area (Å²) in [5.74, 6) is 2.90. The zero-order valence-electron chi connectivity index (χ0n) is 28.6. The van der Waals surface area contributed by atoms with Gasteiger partial charge < -0.3 is 26.0 Å². The Morgan fingerprint density at radius 1 is 1.02 bits per heavy atom. The van der Waals surface area contributed by atoms with Crippen LogP contribution < -0.4 is 21.3 Å². The topological polar surface area (TPSA) is 174 Å². The molecule has 3 fully saturated rings. The Kier molecular flexibility index (Phi) is 12.2. The molecule has 2 aliphatic carbocycles. The van der Waals surface area contributed by atoms with Gasteiger partial charge in [-0.25, -0.2) is 13.2 Å². The number of terminal acetylenes is 2. The maximum atomic E-state index is 14.3. The van der Waals surface area contributed by atoms with Crippen molar-refractivity contribution < 1.29 is 32.7 Å². The predicted octanol–water partition coefficient (Wildman–Crippen LogP) is 1.33. The Bertz CT molecular complexity index is 1380. The number of amides is 4. The Hall–Kier alpha value is -3.13. The van der Waals surface area contributed by atoms with Gasteiger partial charge in [0.2, 0.25) is 11.8 Å². The lowest BCUT2D eigenvalue weighted by molar-refractivity contribution is -0.144. The molecule has 0 aromatic carbocycles. The van der Waals surface area contributed by atoms with E-state index in [-0.39, 0.29) is 42.4 Å². The highest BCUT2D eigenvalue weighted by atomic mass is 32.2. The lowest BCUT2D eigenvalue weighted by atomic mass is 9.83. The first-order valence-electron chi connectivity index (χ1n) is 16.5. The molecule has 3 rings (SSSR count). The number of hydrogen-bond donors (Lipinski definition) is 5. The van der Waals surface area contributed by atoms with Crippen molar-refractivity contribution in [2.75, 3.05) is 25.1 Å². The summed E-state index contributed by atoms with van der Waals surface area (Å²) in [4.78, 5) is 56.4. The van der Waals surface area contributed by atoms with E-state index in [0.29, 0.717) is 25.8 Å².